The quantitative estimate of drug-likeness (QED) is 0.668. The normalized spacial score (nSPS) is 15.6. The van der Waals surface area contributed by atoms with Gasteiger partial charge in [0.05, 0.1) is 10.9 Å². The van der Waals surface area contributed by atoms with E-state index in [0.29, 0.717) is 23.9 Å². The smallest absolute Gasteiger partial charge is 0.328 e. The highest BCUT2D eigenvalue weighted by Crippen LogP contribution is 2.24. The van der Waals surface area contributed by atoms with Crippen LogP contribution in [-0.4, -0.2) is 39.4 Å². The molecule has 0 bridgehead atoms. The first-order valence-electron chi connectivity index (χ1n) is 9.79. The van der Waals surface area contributed by atoms with E-state index in [-0.39, 0.29) is 24.8 Å². The largest absolute Gasteiger partial charge is 0.357 e. The van der Waals surface area contributed by atoms with E-state index in [1.54, 1.807) is 31.3 Å². The molecule has 154 valence electrons. The van der Waals surface area contributed by atoms with E-state index in [1.165, 1.54) is 4.90 Å². The van der Waals surface area contributed by atoms with E-state index >= 15 is 0 Å². The summed E-state index contributed by atoms with van der Waals surface area (Å²) in [6, 6.07) is 13.8. The summed E-state index contributed by atoms with van der Waals surface area (Å²) in [5, 5.41) is 3.01. The van der Waals surface area contributed by atoms with Gasteiger partial charge >= 0.3 is 5.69 Å². The van der Waals surface area contributed by atoms with Crippen LogP contribution in [0.5, 0.6) is 0 Å². The maximum Gasteiger partial charge on any atom is 0.328 e. The number of nitrogens with zero attached hydrogens (tertiary/aromatic N) is 2. The molecule has 2 aromatic carbocycles. The minimum Gasteiger partial charge on any atom is -0.357 e. The van der Waals surface area contributed by atoms with Gasteiger partial charge in [0, 0.05) is 33.0 Å². The van der Waals surface area contributed by atoms with Gasteiger partial charge in [-0.15, -0.1) is 0 Å². The lowest BCUT2D eigenvalue weighted by Crippen LogP contribution is -2.52. The number of aromatic nitrogens is 2. The topological polar surface area (TPSA) is 104 Å². The molecule has 30 heavy (non-hydrogen) atoms. The fourth-order valence-corrected chi connectivity index (χ4v) is 3.94. The summed E-state index contributed by atoms with van der Waals surface area (Å²) in [6.07, 6.45) is 0.370. The zero-order valence-electron chi connectivity index (χ0n) is 16.6. The molecule has 0 saturated heterocycles. The van der Waals surface area contributed by atoms with Crippen molar-refractivity contribution in [3.05, 3.63) is 80.5 Å². The van der Waals surface area contributed by atoms with Crippen LogP contribution in [0.25, 0.3) is 10.9 Å². The third kappa shape index (κ3) is 3.52. The Morgan fingerprint density at radius 3 is 2.53 bits per heavy atom. The predicted molar refractivity (Wildman–Crippen MR) is 112 cm³/mol. The number of rotatable bonds is 4. The Kier molecular flexibility index (Phi) is 5.22. The van der Waals surface area contributed by atoms with Crippen molar-refractivity contribution in [3.8, 4) is 0 Å². The predicted octanol–water partition coefficient (Wildman–Crippen LogP) is 0.779. The Morgan fingerprint density at radius 1 is 1.07 bits per heavy atom. The first-order valence-corrected chi connectivity index (χ1v) is 9.79. The van der Waals surface area contributed by atoms with Gasteiger partial charge in [0.25, 0.3) is 5.56 Å². The molecule has 0 fully saturated rings. The Morgan fingerprint density at radius 2 is 1.77 bits per heavy atom. The van der Waals surface area contributed by atoms with E-state index in [4.69, 9.17) is 0 Å². The number of nitrogens with one attached hydrogen (secondary N) is 2. The van der Waals surface area contributed by atoms with Crippen molar-refractivity contribution in [3.63, 3.8) is 0 Å². The molecule has 1 aliphatic rings. The third-order valence-electron chi connectivity index (χ3n) is 5.56. The lowest BCUT2D eigenvalue weighted by molar-refractivity contribution is -0.141. The Labute approximate surface area is 172 Å². The van der Waals surface area contributed by atoms with E-state index in [1.807, 2.05) is 24.3 Å². The molecule has 0 spiro atoms. The van der Waals surface area contributed by atoms with Crippen molar-refractivity contribution in [2.75, 3.05) is 7.05 Å². The molecule has 8 nitrogen and oxygen atoms in total. The molecule has 1 aliphatic heterocycles. The van der Waals surface area contributed by atoms with Crippen molar-refractivity contribution in [2.24, 2.45) is 0 Å². The van der Waals surface area contributed by atoms with Gasteiger partial charge in [0.2, 0.25) is 11.8 Å². The van der Waals surface area contributed by atoms with Gasteiger partial charge in [-0.1, -0.05) is 36.4 Å². The summed E-state index contributed by atoms with van der Waals surface area (Å²) in [5.41, 5.74) is 1.50. The number of carbonyl (C=O) groups is 2. The van der Waals surface area contributed by atoms with Gasteiger partial charge in [0.1, 0.15) is 6.04 Å². The second-order valence-electron chi connectivity index (χ2n) is 7.31. The van der Waals surface area contributed by atoms with Crippen molar-refractivity contribution in [2.45, 2.75) is 32.0 Å². The van der Waals surface area contributed by atoms with Gasteiger partial charge < -0.3 is 15.2 Å². The maximum absolute atomic E-state index is 13.0. The molecule has 0 saturated carbocycles. The number of benzene rings is 2. The summed E-state index contributed by atoms with van der Waals surface area (Å²) in [5.74, 6) is -0.517. The number of carbonyl (C=O) groups excluding carboxylic acids is 2. The highest BCUT2D eigenvalue weighted by molar-refractivity contribution is 5.88. The zero-order valence-corrected chi connectivity index (χ0v) is 16.6. The molecule has 1 atom stereocenters. The van der Waals surface area contributed by atoms with Crippen molar-refractivity contribution < 1.29 is 9.59 Å². The second kappa shape index (κ2) is 7.98. The lowest BCUT2D eigenvalue weighted by Gasteiger charge is -2.36. The second-order valence-corrected chi connectivity index (χ2v) is 7.31. The monoisotopic (exact) mass is 406 g/mol. The molecule has 3 aromatic rings. The average Bonchev–Trinajstić information content (AvgIpc) is 2.77. The SMILES string of the molecule is CNC(=O)C1Cc2ccccc2CN1C(=O)CCn1c(=O)[nH]c2ccccc2c1=O. The number of likely N-dealkylation sites (N-methyl/N-ethyl adjacent to an activating group) is 1. The first kappa shape index (κ1) is 19.6. The standard InChI is InChI=1S/C22H22N4O4/c1-23-20(28)18-12-14-6-2-3-7-15(14)13-26(18)19(27)10-11-25-21(29)16-8-4-5-9-17(16)24-22(25)30/h2-9,18H,10-13H2,1H3,(H,23,28)(H,24,30). The van der Waals surface area contributed by atoms with Crippen LogP contribution in [0.3, 0.4) is 0 Å². The Hall–Kier alpha value is -3.68. The minimum absolute atomic E-state index is 0.0585. The molecular weight excluding hydrogens is 384 g/mol. The van der Waals surface area contributed by atoms with Gasteiger partial charge in [-0.05, 0) is 23.3 Å². The van der Waals surface area contributed by atoms with Crippen molar-refractivity contribution >= 4 is 22.7 Å². The summed E-state index contributed by atoms with van der Waals surface area (Å²) >= 11 is 0. The third-order valence-corrected chi connectivity index (χ3v) is 5.56. The zero-order chi connectivity index (χ0) is 21.3. The molecule has 2 amide bonds. The molecule has 1 aromatic heterocycles. The molecule has 0 radical (unpaired) electrons. The fraction of sp³-hybridized carbons (Fsp3) is 0.273. The molecule has 8 heteroatoms. The van der Waals surface area contributed by atoms with Crippen LogP contribution >= 0.6 is 0 Å². The number of aromatic amines is 1. The van der Waals surface area contributed by atoms with Gasteiger partial charge in [0.15, 0.2) is 0 Å². The molecular formula is C22H22N4O4. The molecule has 2 N–H and O–H groups in total. The van der Waals surface area contributed by atoms with Crippen LogP contribution in [0.15, 0.2) is 58.1 Å². The number of fused-ring (bicyclic) bond motifs is 2. The Balaban J connectivity index is 1.59. The van der Waals surface area contributed by atoms with E-state index in [0.717, 1.165) is 15.7 Å². The Bertz CT molecular complexity index is 1240. The number of H-pyrrole nitrogens is 1. The van der Waals surface area contributed by atoms with Gasteiger partial charge in [-0.25, -0.2) is 4.79 Å². The summed E-state index contributed by atoms with van der Waals surface area (Å²) < 4.78 is 1.03. The highest BCUT2D eigenvalue weighted by atomic mass is 16.2. The summed E-state index contributed by atoms with van der Waals surface area (Å²) in [7, 11) is 1.54. The van der Waals surface area contributed by atoms with Crippen LogP contribution in [-0.2, 0) is 29.1 Å². The average molecular weight is 406 g/mol. The van der Waals surface area contributed by atoms with Gasteiger partial charge in [-0.3, -0.25) is 19.0 Å². The highest BCUT2D eigenvalue weighted by Gasteiger charge is 2.33. The summed E-state index contributed by atoms with van der Waals surface area (Å²) in [4.78, 5) is 54.6. The number of hydrogen-bond donors (Lipinski definition) is 2. The fourth-order valence-electron chi connectivity index (χ4n) is 3.94. The van der Waals surface area contributed by atoms with E-state index in [2.05, 4.69) is 10.3 Å². The van der Waals surface area contributed by atoms with Crippen molar-refractivity contribution in [1.29, 1.82) is 0 Å². The van der Waals surface area contributed by atoms with Crippen LogP contribution in [0, 0.1) is 0 Å². The van der Waals surface area contributed by atoms with Crippen LogP contribution in [0.4, 0.5) is 0 Å². The molecule has 1 unspecified atom stereocenters. The minimum atomic E-state index is -0.621. The van der Waals surface area contributed by atoms with Crippen molar-refractivity contribution in [1.82, 2.24) is 19.8 Å². The number of amides is 2. The first-order chi connectivity index (χ1) is 14.5. The van der Waals surface area contributed by atoms with Crippen LogP contribution in [0.2, 0.25) is 0 Å². The van der Waals surface area contributed by atoms with E-state index < -0.39 is 17.3 Å². The molecule has 2 heterocycles. The lowest BCUT2D eigenvalue weighted by atomic mass is 9.93. The molecule has 4 rings (SSSR count). The summed E-state index contributed by atoms with van der Waals surface area (Å²) in [6.45, 7) is 0.256. The number of hydrogen-bond acceptors (Lipinski definition) is 4. The van der Waals surface area contributed by atoms with E-state index in [9.17, 15) is 19.2 Å². The van der Waals surface area contributed by atoms with Crippen LogP contribution in [0.1, 0.15) is 17.5 Å². The van der Waals surface area contributed by atoms with Crippen LogP contribution < -0.4 is 16.6 Å². The number of para-hydroxylation sites is 1. The van der Waals surface area contributed by atoms with Gasteiger partial charge in [-0.2, -0.15) is 0 Å². The maximum atomic E-state index is 13.0. The molecule has 0 aliphatic carbocycles.